The van der Waals surface area contributed by atoms with Crippen LogP contribution in [0.25, 0.3) is 0 Å². The van der Waals surface area contributed by atoms with Crippen LogP contribution in [-0.2, 0) is 12.8 Å². The van der Waals surface area contributed by atoms with Crippen molar-refractivity contribution in [3.8, 4) is 0 Å². The van der Waals surface area contributed by atoms with E-state index in [2.05, 4.69) is 33.0 Å². The van der Waals surface area contributed by atoms with Crippen LogP contribution < -0.4 is 4.90 Å². The largest absolute Gasteiger partial charge is 0.371 e. The lowest BCUT2D eigenvalue weighted by Gasteiger charge is -2.37. The second-order valence-corrected chi connectivity index (χ2v) is 5.08. The first-order valence-electron chi connectivity index (χ1n) is 5.41. The van der Waals surface area contributed by atoms with E-state index in [1.807, 2.05) is 0 Å². The average molecular weight is 252 g/mol. The molecule has 0 saturated carbocycles. The Morgan fingerprint density at radius 3 is 2.71 bits per heavy atom. The number of rotatable bonds is 0. The molecule has 0 aliphatic carbocycles. The maximum atomic E-state index is 3.67. The summed E-state index contributed by atoms with van der Waals surface area (Å²) in [4.78, 5) is 2.57. The molecule has 0 atom stereocenters. The molecule has 0 unspecified atom stereocenters. The van der Waals surface area contributed by atoms with Gasteiger partial charge < -0.3 is 4.90 Å². The highest BCUT2D eigenvalue weighted by atomic mass is 79.9. The molecule has 74 valence electrons. The highest BCUT2D eigenvalue weighted by Crippen LogP contribution is 2.38. The molecule has 0 spiro atoms. The molecule has 0 radical (unpaired) electrons. The molecule has 2 aliphatic heterocycles. The molecule has 0 saturated heterocycles. The molecule has 1 nitrogen and oxygen atoms in total. The summed E-state index contributed by atoms with van der Waals surface area (Å²) in [7, 11) is 0. The minimum atomic E-state index is 1.25. The molecule has 14 heavy (non-hydrogen) atoms. The van der Waals surface area contributed by atoms with Crippen LogP contribution >= 0.6 is 15.9 Å². The molecule has 1 aromatic rings. The molecular formula is C12H14BrN. The van der Waals surface area contributed by atoms with Gasteiger partial charge in [-0.05, 0) is 42.9 Å². The van der Waals surface area contributed by atoms with Crippen LogP contribution in [0.3, 0.4) is 0 Å². The Labute approximate surface area is 93.2 Å². The predicted molar refractivity (Wildman–Crippen MR) is 63.0 cm³/mol. The molecule has 2 aliphatic rings. The van der Waals surface area contributed by atoms with Crippen LogP contribution in [-0.4, -0.2) is 13.1 Å². The van der Waals surface area contributed by atoms with Gasteiger partial charge in [-0.25, -0.2) is 0 Å². The zero-order valence-corrected chi connectivity index (χ0v) is 9.81. The summed E-state index contributed by atoms with van der Waals surface area (Å²) in [5, 5.41) is 0. The van der Waals surface area contributed by atoms with Gasteiger partial charge in [-0.2, -0.15) is 0 Å². The summed E-state index contributed by atoms with van der Waals surface area (Å²) in [6, 6.07) is 4.52. The van der Waals surface area contributed by atoms with E-state index in [0.29, 0.717) is 0 Å². The van der Waals surface area contributed by atoms with E-state index in [1.54, 1.807) is 16.8 Å². The fourth-order valence-electron chi connectivity index (χ4n) is 2.74. The maximum Gasteiger partial charge on any atom is 0.0442 e. The van der Waals surface area contributed by atoms with E-state index in [4.69, 9.17) is 0 Å². The van der Waals surface area contributed by atoms with Crippen molar-refractivity contribution >= 4 is 21.6 Å². The van der Waals surface area contributed by atoms with Crippen LogP contribution in [0.5, 0.6) is 0 Å². The van der Waals surface area contributed by atoms with Crippen molar-refractivity contribution in [2.75, 3.05) is 18.0 Å². The quantitative estimate of drug-likeness (QED) is 0.685. The van der Waals surface area contributed by atoms with Crippen molar-refractivity contribution in [1.82, 2.24) is 0 Å². The Morgan fingerprint density at radius 2 is 1.86 bits per heavy atom. The third-order valence-electron chi connectivity index (χ3n) is 3.35. The molecule has 0 N–H and O–H groups in total. The van der Waals surface area contributed by atoms with Crippen molar-refractivity contribution in [1.29, 1.82) is 0 Å². The zero-order chi connectivity index (χ0) is 9.54. The van der Waals surface area contributed by atoms with E-state index in [9.17, 15) is 0 Å². The Balaban J connectivity index is 2.22. The molecule has 1 aromatic carbocycles. The van der Waals surface area contributed by atoms with Gasteiger partial charge in [0, 0.05) is 23.2 Å². The molecule has 2 heterocycles. The summed E-state index contributed by atoms with van der Waals surface area (Å²) in [5.41, 5.74) is 4.67. The van der Waals surface area contributed by atoms with Crippen LogP contribution in [0.4, 0.5) is 5.69 Å². The van der Waals surface area contributed by atoms with Gasteiger partial charge in [0.2, 0.25) is 0 Å². The number of hydrogen-bond acceptors (Lipinski definition) is 1. The van der Waals surface area contributed by atoms with E-state index >= 15 is 0 Å². The standard InChI is InChI=1S/C12H14BrN/c13-11-6-5-9-3-1-7-14-8-2-4-10(11)12(9)14/h5-6H,1-4,7-8H2. The van der Waals surface area contributed by atoms with Gasteiger partial charge in [0.15, 0.2) is 0 Å². The number of halogens is 1. The van der Waals surface area contributed by atoms with Gasteiger partial charge in [-0.1, -0.05) is 22.0 Å². The first kappa shape index (κ1) is 8.78. The fourth-order valence-corrected chi connectivity index (χ4v) is 3.25. The topological polar surface area (TPSA) is 3.24 Å². The van der Waals surface area contributed by atoms with Crippen molar-refractivity contribution in [2.24, 2.45) is 0 Å². The Bertz CT molecular complexity index is 371. The lowest BCUT2D eigenvalue weighted by molar-refractivity contribution is 0.633. The summed E-state index contributed by atoms with van der Waals surface area (Å²) in [6.07, 6.45) is 5.16. The molecular weight excluding hydrogens is 238 g/mol. The SMILES string of the molecule is Brc1ccc2c3c1CCCN3CCC2. The predicted octanol–water partition coefficient (Wildman–Crippen LogP) is 3.15. The molecule has 0 aromatic heterocycles. The zero-order valence-electron chi connectivity index (χ0n) is 8.22. The second kappa shape index (κ2) is 3.27. The van der Waals surface area contributed by atoms with Gasteiger partial charge in [-0.3, -0.25) is 0 Å². The first-order chi connectivity index (χ1) is 6.86. The van der Waals surface area contributed by atoms with E-state index in [0.717, 1.165) is 0 Å². The van der Waals surface area contributed by atoms with Crippen molar-refractivity contribution in [3.05, 3.63) is 27.7 Å². The van der Waals surface area contributed by atoms with Gasteiger partial charge in [0.25, 0.3) is 0 Å². The molecule has 3 rings (SSSR count). The molecule has 0 amide bonds. The van der Waals surface area contributed by atoms with Gasteiger partial charge in [-0.15, -0.1) is 0 Å². The van der Waals surface area contributed by atoms with Gasteiger partial charge >= 0.3 is 0 Å². The first-order valence-corrected chi connectivity index (χ1v) is 6.21. The van der Waals surface area contributed by atoms with Gasteiger partial charge in [0.05, 0.1) is 0 Å². The maximum absolute atomic E-state index is 3.67. The molecule has 0 fully saturated rings. The summed E-state index contributed by atoms with van der Waals surface area (Å²) in [5.74, 6) is 0. The minimum Gasteiger partial charge on any atom is -0.371 e. The van der Waals surface area contributed by atoms with Crippen molar-refractivity contribution < 1.29 is 0 Å². The third-order valence-corrected chi connectivity index (χ3v) is 4.10. The lowest BCUT2D eigenvalue weighted by Crippen LogP contribution is -2.34. The Hall–Kier alpha value is -0.500. The van der Waals surface area contributed by atoms with Crippen LogP contribution in [0.2, 0.25) is 0 Å². The number of nitrogens with zero attached hydrogens (tertiary/aromatic N) is 1. The van der Waals surface area contributed by atoms with E-state index in [-0.39, 0.29) is 0 Å². The average Bonchev–Trinajstić information content (AvgIpc) is 2.24. The number of anilines is 1. The fraction of sp³-hybridized carbons (Fsp3) is 0.500. The molecule has 0 bridgehead atoms. The normalized spacial score (nSPS) is 19.4. The number of benzene rings is 1. The highest BCUT2D eigenvalue weighted by molar-refractivity contribution is 9.10. The summed E-state index contributed by atoms with van der Waals surface area (Å²) < 4.78 is 1.31. The number of aryl methyl sites for hydroxylation is 1. The van der Waals surface area contributed by atoms with Crippen LogP contribution in [0, 0.1) is 0 Å². The highest BCUT2D eigenvalue weighted by Gasteiger charge is 2.24. The Kier molecular flexibility index (Phi) is 2.05. The van der Waals surface area contributed by atoms with Crippen molar-refractivity contribution in [2.45, 2.75) is 25.7 Å². The summed E-state index contributed by atoms with van der Waals surface area (Å²) >= 11 is 3.67. The van der Waals surface area contributed by atoms with E-state index < -0.39 is 0 Å². The Morgan fingerprint density at radius 1 is 1.07 bits per heavy atom. The van der Waals surface area contributed by atoms with E-state index in [1.165, 1.54) is 43.2 Å². The molecule has 2 heteroatoms. The smallest absolute Gasteiger partial charge is 0.0442 e. The minimum absolute atomic E-state index is 1.25. The lowest BCUT2D eigenvalue weighted by atomic mass is 9.92. The van der Waals surface area contributed by atoms with Gasteiger partial charge in [0.1, 0.15) is 0 Å². The number of hydrogen-bond donors (Lipinski definition) is 0. The summed E-state index contributed by atoms with van der Waals surface area (Å²) in [6.45, 7) is 2.52. The van der Waals surface area contributed by atoms with Crippen molar-refractivity contribution in [3.63, 3.8) is 0 Å². The van der Waals surface area contributed by atoms with Crippen LogP contribution in [0.1, 0.15) is 24.0 Å². The second-order valence-electron chi connectivity index (χ2n) is 4.23. The third kappa shape index (κ3) is 1.20. The van der Waals surface area contributed by atoms with Crippen LogP contribution in [0.15, 0.2) is 16.6 Å². The monoisotopic (exact) mass is 251 g/mol.